The third-order valence-corrected chi connectivity index (χ3v) is 6.95. The molecule has 1 fully saturated rings. The van der Waals surface area contributed by atoms with Gasteiger partial charge in [0.05, 0.1) is 0 Å². The Labute approximate surface area is 131 Å². The van der Waals surface area contributed by atoms with Crippen molar-refractivity contribution in [2.45, 2.75) is 21.9 Å². The van der Waals surface area contributed by atoms with Crippen molar-refractivity contribution in [2.75, 3.05) is 6.61 Å². The molecule has 4 atom stereocenters. The minimum atomic E-state index is -1.00. The normalized spacial score (nSPS) is 29.1. The Kier molecular flexibility index (Phi) is 4.89. The van der Waals surface area contributed by atoms with E-state index in [-0.39, 0.29) is 21.6 Å². The summed E-state index contributed by atoms with van der Waals surface area (Å²) in [6.45, 7) is -0.246. The number of H-pyrrole nitrogens is 1. The number of hydrogen-bond donors (Lipinski definition) is 3. The van der Waals surface area contributed by atoms with Gasteiger partial charge in [0.1, 0.15) is 0 Å². The van der Waals surface area contributed by atoms with Gasteiger partial charge in [-0.3, -0.25) is 0 Å². The number of aliphatic hydroxyl groups excluding tert-OH is 2. The van der Waals surface area contributed by atoms with E-state index in [1.165, 1.54) is 10.8 Å². The Morgan fingerprint density at radius 2 is 2.30 bits per heavy atom. The molecule has 1 aliphatic rings. The molecule has 20 heavy (non-hydrogen) atoms. The molecule has 2 rings (SSSR count). The van der Waals surface area contributed by atoms with E-state index < -0.39 is 33.2 Å². The number of aromatic amines is 1. The zero-order chi connectivity index (χ0) is 14.9. The molecule has 11 heteroatoms. The van der Waals surface area contributed by atoms with Gasteiger partial charge in [0.25, 0.3) is 0 Å². The van der Waals surface area contributed by atoms with Gasteiger partial charge in [0.2, 0.25) is 0 Å². The van der Waals surface area contributed by atoms with Crippen LogP contribution in [0.25, 0.3) is 10.4 Å². The molecule has 0 saturated carbocycles. The van der Waals surface area contributed by atoms with Gasteiger partial charge in [-0.2, -0.15) is 0 Å². The number of rotatable bonds is 3. The van der Waals surface area contributed by atoms with Crippen LogP contribution in [0.2, 0.25) is 4.82 Å². The fraction of sp³-hybridized carbons (Fsp3) is 0.556. The van der Waals surface area contributed by atoms with Crippen molar-refractivity contribution in [3.63, 3.8) is 0 Å². The van der Waals surface area contributed by atoms with Crippen LogP contribution in [0.4, 0.5) is 0 Å². The molecule has 0 aliphatic carbocycles. The van der Waals surface area contributed by atoms with Crippen LogP contribution in [0, 0.1) is 3.57 Å². The van der Waals surface area contributed by atoms with Crippen LogP contribution in [0.3, 0.4) is 0 Å². The van der Waals surface area contributed by atoms with Gasteiger partial charge in [-0.25, -0.2) is 0 Å². The maximum absolute atomic E-state index is 11.9. The first-order valence-corrected chi connectivity index (χ1v) is 8.55. The summed E-state index contributed by atoms with van der Waals surface area (Å²) in [5.74, 6) is 0. The molecule has 9 nitrogen and oxygen atoms in total. The van der Waals surface area contributed by atoms with Gasteiger partial charge >= 0.3 is 132 Å². The molecule has 1 saturated heterocycles. The van der Waals surface area contributed by atoms with Crippen LogP contribution in [0.5, 0.6) is 0 Å². The van der Waals surface area contributed by atoms with E-state index in [1.54, 1.807) is 22.6 Å². The van der Waals surface area contributed by atoms with Crippen molar-refractivity contribution in [3.8, 4) is 0 Å². The minimum absolute atomic E-state index is 0.246. The molecule has 3 N–H and O–H groups in total. The number of halogens is 1. The van der Waals surface area contributed by atoms with Crippen LogP contribution in [0.1, 0.15) is 4.94 Å². The zero-order valence-corrected chi connectivity index (χ0v) is 13.8. The van der Waals surface area contributed by atoms with Crippen LogP contribution in [-0.4, -0.2) is 53.5 Å². The van der Waals surface area contributed by atoms with Gasteiger partial charge in [-0.05, 0) is 0 Å². The van der Waals surface area contributed by atoms with Crippen molar-refractivity contribution < 1.29 is 10.2 Å². The number of nitrogens with one attached hydrogen (secondary N) is 1. The molecule has 0 amide bonds. The first-order valence-electron chi connectivity index (χ1n) is 5.49. The Balaban J connectivity index is 2.50. The van der Waals surface area contributed by atoms with Gasteiger partial charge < -0.3 is 0 Å². The SMILES string of the molecule is [N-]=[N+]=N[C@@H]1C(n2cc(I)c(=O)[nH]c2=O)[Se][C@H](CO)[C@H]1O. The predicted molar refractivity (Wildman–Crippen MR) is 78.6 cm³/mol. The predicted octanol–water partition coefficient (Wildman–Crippen LogP) is -0.822. The Morgan fingerprint density at radius 3 is 2.90 bits per heavy atom. The molecule has 0 bridgehead atoms. The van der Waals surface area contributed by atoms with E-state index in [4.69, 9.17) is 5.53 Å². The van der Waals surface area contributed by atoms with Crippen LogP contribution in [-0.2, 0) is 0 Å². The third kappa shape index (κ3) is 2.78. The van der Waals surface area contributed by atoms with E-state index in [2.05, 4.69) is 15.0 Å². The van der Waals surface area contributed by atoms with Gasteiger partial charge in [-0.1, -0.05) is 0 Å². The quantitative estimate of drug-likeness (QED) is 0.179. The van der Waals surface area contributed by atoms with Crippen molar-refractivity contribution in [1.82, 2.24) is 9.55 Å². The van der Waals surface area contributed by atoms with E-state index in [0.29, 0.717) is 3.57 Å². The second-order valence-corrected chi connectivity index (χ2v) is 8.09. The van der Waals surface area contributed by atoms with Crippen molar-refractivity contribution >= 4 is 37.5 Å². The van der Waals surface area contributed by atoms with Crippen LogP contribution < -0.4 is 11.2 Å². The van der Waals surface area contributed by atoms with E-state index in [1.807, 2.05) is 0 Å². The molecule has 0 spiro atoms. The number of hydrogen-bond acceptors (Lipinski definition) is 5. The van der Waals surface area contributed by atoms with E-state index >= 15 is 0 Å². The number of aliphatic hydroxyl groups is 2. The second kappa shape index (κ2) is 6.29. The van der Waals surface area contributed by atoms with Gasteiger partial charge in [0.15, 0.2) is 0 Å². The fourth-order valence-corrected chi connectivity index (χ4v) is 5.38. The molecular weight excluding hydrogens is 448 g/mol. The summed E-state index contributed by atoms with van der Waals surface area (Å²) in [7, 11) is 0. The average molecular weight is 458 g/mol. The molecule has 1 aromatic heterocycles. The van der Waals surface area contributed by atoms with Crippen molar-refractivity contribution in [3.05, 3.63) is 41.0 Å². The molecular formula is C9H10IN5O4Se. The Hall–Kier alpha value is -0.841. The molecule has 0 aromatic carbocycles. The Morgan fingerprint density at radius 1 is 1.60 bits per heavy atom. The summed E-state index contributed by atoms with van der Waals surface area (Å²) >= 11 is 1.44. The molecule has 2 heterocycles. The zero-order valence-electron chi connectivity index (χ0n) is 9.88. The topological polar surface area (TPSA) is 144 Å². The fourth-order valence-electron chi connectivity index (χ4n) is 1.94. The molecule has 1 aromatic rings. The first-order chi connectivity index (χ1) is 9.49. The molecule has 1 aliphatic heterocycles. The van der Waals surface area contributed by atoms with Gasteiger partial charge in [0, 0.05) is 0 Å². The first kappa shape index (κ1) is 15.5. The maximum atomic E-state index is 11.9. The number of aromatic nitrogens is 2. The monoisotopic (exact) mass is 459 g/mol. The van der Waals surface area contributed by atoms with E-state index in [0.717, 1.165) is 0 Å². The summed E-state index contributed by atoms with van der Waals surface area (Å²) in [6, 6.07) is -0.837. The van der Waals surface area contributed by atoms with Crippen molar-refractivity contribution in [1.29, 1.82) is 0 Å². The number of azide groups is 1. The molecule has 0 radical (unpaired) electrons. The van der Waals surface area contributed by atoms with Gasteiger partial charge in [-0.15, -0.1) is 0 Å². The standard InChI is InChI=1S/C9H10IN5O4Se/c10-3-1-15(9(19)12-7(3)18)8-5(13-14-11)6(17)4(2-16)20-8/h1,4-6,8,16-17H,2H2,(H,12,18,19)/t4-,5+,6-,8?/m1/s1. The Bertz CT molecular complexity index is 669. The number of nitrogens with zero attached hydrogens (tertiary/aromatic N) is 4. The second-order valence-electron chi connectivity index (χ2n) is 4.08. The van der Waals surface area contributed by atoms with E-state index in [9.17, 15) is 19.8 Å². The molecule has 1 unspecified atom stereocenters. The summed E-state index contributed by atoms with van der Waals surface area (Å²) in [4.78, 5) is 27.1. The van der Waals surface area contributed by atoms with Crippen LogP contribution in [0.15, 0.2) is 20.9 Å². The van der Waals surface area contributed by atoms with Crippen LogP contribution >= 0.6 is 22.6 Å². The third-order valence-electron chi connectivity index (χ3n) is 2.90. The summed E-state index contributed by atoms with van der Waals surface area (Å²) in [5.41, 5.74) is 7.47. The summed E-state index contributed by atoms with van der Waals surface area (Å²) < 4.78 is 1.58. The molecule has 108 valence electrons. The van der Waals surface area contributed by atoms with Crippen molar-refractivity contribution in [2.24, 2.45) is 5.11 Å². The summed E-state index contributed by atoms with van der Waals surface area (Å²) in [6.07, 6.45) is 0.373. The average Bonchev–Trinajstić information content (AvgIpc) is 2.72. The summed E-state index contributed by atoms with van der Waals surface area (Å²) in [5, 5.41) is 22.8.